The molecule has 28 heavy (non-hydrogen) atoms. The van der Waals surface area contributed by atoms with Gasteiger partial charge in [-0.1, -0.05) is 11.6 Å². The topological polar surface area (TPSA) is 65.1 Å². The van der Waals surface area contributed by atoms with E-state index in [0.29, 0.717) is 50.8 Å². The third-order valence-electron chi connectivity index (χ3n) is 4.63. The first-order valence-corrected chi connectivity index (χ1v) is 9.96. The summed E-state index contributed by atoms with van der Waals surface area (Å²) in [4.78, 5) is 30.4. The summed E-state index contributed by atoms with van der Waals surface area (Å²) in [7, 11) is 3.53. The lowest BCUT2D eigenvalue weighted by Gasteiger charge is -2.35. The molecular weight excluding hydrogens is 380 g/mol. The number of rotatable bonds is 8. The van der Waals surface area contributed by atoms with Crippen LogP contribution in [-0.4, -0.2) is 86.0 Å². The number of nitrogens with one attached hydrogen (secondary N) is 1. The highest BCUT2D eigenvalue weighted by Crippen LogP contribution is 2.23. The molecule has 1 aromatic carbocycles. The molecule has 0 aromatic heterocycles. The average Bonchev–Trinajstić information content (AvgIpc) is 2.61. The van der Waals surface area contributed by atoms with Gasteiger partial charge in [-0.15, -0.1) is 0 Å². The van der Waals surface area contributed by atoms with Gasteiger partial charge < -0.3 is 15.0 Å². The minimum absolute atomic E-state index is 0.0324. The van der Waals surface area contributed by atoms with E-state index in [1.165, 1.54) is 0 Å². The van der Waals surface area contributed by atoms with Gasteiger partial charge in [0.2, 0.25) is 11.8 Å². The monoisotopic (exact) mass is 410 g/mol. The molecule has 0 aliphatic carbocycles. The molecule has 1 saturated heterocycles. The summed E-state index contributed by atoms with van der Waals surface area (Å²) in [6, 6.07) is 5.63. The van der Waals surface area contributed by atoms with Gasteiger partial charge in [-0.25, -0.2) is 0 Å². The van der Waals surface area contributed by atoms with Crippen LogP contribution in [0.2, 0.25) is 5.02 Å². The smallest absolute Gasteiger partial charge is 0.236 e. The summed E-state index contributed by atoms with van der Waals surface area (Å²) < 4.78 is 5.37. The molecule has 0 atom stereocenters. The molecular formula is C20H31ClN4O3. The first-order valence-electron chi connectivity index (χ1n) is 9.59. The van der Waals surface area contributed by atoms with Crippen molar-refractivity contribution in [1.82, 2.24) is 20.0 Å². The molecule has 1 heterocycles. The fraction of sp³-hybridized carbons (Fsp3) is 0.600. The second kappa shape index (κ2) is 10.6. The van der Waals surface area contributed by atoms with E-state index >= 15 is 0 Å². The van der Waals surface area contributed by atoms with Crippen LogP contribution in [0.3, 0.4) is 0 Å². The highest BCUT2D eigenvalue weighted by molar-refractivity contribution is 6.30. The Morgan fingerprint density at radius 3 is 2.54 bits per heavy atom. The molecule has 1 aliphatic heterocycles. The Kier molecular flexibility index (Phi) is 8.54. The van der Waals surface area contributed by atoms with E-state index in [2.05, 4.69) is 10.2 Å². The zero-order valence-corrected chi connectivity index (χ0v) is 18.0. The van der Waals surface area contributed by atoms with Crippen molar-refractivity contribution in [3.05, 3.63) is 28.8 Å². The molecule has 1 aliphatic rings. The largest absolute Gasteiger partial charge is 0.496 e. The second-order valence-corrected chi connectivity index (χ2v) is 7.94. The Morgan fingerprint density at radius 2 is 1.93 bits per heavy atom. The lowest BCUT2D eigenvalue weighted by Crippen LogP contribution is -2.53. The number of likely N-dealkylation sites (N-methyl/N-ethyl adjacent to an activating group) is 1. The summed E-state index contributed by atoms with van der Waals surface area (Å²) in [5.74, 6) is 0.886. The summed E-state index contributed by atoms with van der Waals surface area (Å²) in [5, 5.41) is 3.55. The van der Waals surface area contributed by atoms with Crippen molar-refractivity contribution in [3.63, 3.8) is 0 Å². The van der Waals surface area contributed by atoms with Gasteiger partial charge in [-0.05, 0) is 39.1 Å². The van der Waals surface area contributed by atoms with Gasteiger partial charge >= 0.3 is 0 Å². The Hall–Kier alpha value is -1.83. The molecule has 0 unspecified atom stereocenters. The Morgan fingerprint density at radius 1 is 1.25 bits per heavy atom. The fourth-order valence-corrected chi connectivity index (χ4v) is 3.47. The predicted octanol–water partition coefficient (Wildman–Crippen LogP) is 1.45. The Balaban J connectivity index is 1.79. The van der Waals surface area contributed by atoms with Gasteiger partial charge in [-0.2, -0.15) is 0 Å². The minimum Gasteiger partial charge on any atom is -0.496 e. The van der Waals surface area contributed by atoms with Crippen molar-refractivity contribution in [2.45, 2.75) is 26.4 Å². The number of piperazine rings is 1. The maximum absolute atomic E-state index is 12.6. The van der Waals surface area contributed by atoms with E-state index in [1.807, 2.05) is 42.8 Å². The van der Waals surface area contributed by atoms with Crippen LogP contribution in [0.4, 0.5) is 0 Å². The van der Waals surface area contributed by atoms with Crippen LogP contribution in [-0.2, 0) is 16.1 Å². The number of hydrogen-bond donors (Lipinski definition) is 1. The third-order valence-corrected chi connectivity index (χ3v) is 4.86. The highest BCUT2D eigenvalue weighted by Gasteiger charge is 2.23. The molecule has 156 valence electrons. The number of nitrogens with zero attached hydrogens (tertiary/aromatic N) is 3. The number of carbonyl (C=O) groups is 2. The molecule has 0 saturated carbocycles. The number of carbonyl (C=O) groups excluding carboxylic acids is 2. The summed E-state index contributed by atoms with van der Waals surface area (Å²) in [6.45, 7) is 7.88. The van der Waals surface area contributed by atoms with E-state index in [-0.39, 0.29) is 17.9 Å². The van der Waals surface area contributed by atoms with E-state index < -0.39 is 0 Å². The van der Waals surface area contributed by atoms with E-state index in [1.54, 1.807) is 13.2 Å². The number of amides is 2. The van der Waals surface area contributed by atoms with E-state index in [9.17, 15) is 9.59 Å². The van der Waals surface area contributed by atoms with Crippen molar-refractivity contribution in [2.24, 2.45) is 0 Å². The average molecular weight is 411 g/mol. The Labute approximate surface area is 172 Å². The lowest BCUT2D eigenvalue weighted by atomic mass is 10.2. The van der Waals surface area contributed by atoms with Crippen LogP contribution in [0.1, 0.15) is 19.4 Å². The highest BCUT2D eigenvalue weighted by atomic mass is 35.5. The zero-order valence-electron chi connectivity index (χ0n) is 17.2. The molecule has 0 radical (unpaired) electrons. The van der Waals surface area contributed by atoms with Crippen molar-refractivity contribution >= 4 is 23.4 Å². The summed E-state index contributed by atoms with van der Waals surface area (Å²) in [5.41, 5.74) is 0.950. The van der Waals surface area contributed by atoms with Gasteiger partial charge in [0.05, 0.1) is 20.2 Å². The van der Waals surface area contributed by atoms with Crippen LogP contribution in [0.15, 0.2) is 18.2 Å². The van der Waals surface area contributed by atoms with Crippen LogP contribution in [0.25, 0.3) is 0 Å². The zero-order chi connectivity index (χ0) is 20.7. The van der Waals surface area contributed by atoms with Gasteiger partial charge in [0.15, 0.2) is 0 Å². The SMILES string of the molecule is COc1ccc(Cl)cc1CN(C)CC(=O)N1CCN(CC(=O)NC(C)C)CC1. The first kappa shape index (κ1) is 22.5. The molecule has 1 N–H and O–H groups in total. The molecule has 7 nitrogen and oxygen atoms in total. The quantitative estimate of drug-likeness (QED) is 0.702. The molecule has 2 amide bonds. The number of benzene rings is 1. The molecule has 0 bridgehead atoms. The minimum atomic E-state index is 0.0324. The molecule has 1 aromatic rings. The van der Waals surface area contributed by atoms with Gasteiger partial charge in [0.1, 0.15) is 5.75 Å². The standard InChI is InChI=1S/C20H31ClN4O3/c1-15(2)22-19(26)13-24-7-9-25(10-8-24)20(27)14-23(3)12-16-11-17(21)5-6-18(16)28-4/h5-6,11,15H,7-10,12-14H2,1-4H3,(H,22,26). The van der Waals surface area contributed by atoms with E-state index in [0.717, 1.165) is 11.3 Å². The molecule has 0 spiro atoms. The number of ether oxygens (including phenoxy) is 1. The van der Waals surface area contributed by atoms with Gasteiger partial charge in [0.25, 0.3) is 0 Å². The molecule has 2 rings (SSSR count). The second-order valence-electron chi connectivity index (χ2n) is 7.51. The third kappa shape index (κ3) is 6.96. The van der Waals surface area contributed by atoms with Crippen molar-refractivity contribution < 1.29 is 14.3 Å². The molecule has 1 fully saturated rings. The fourth-order valence-electron chi connectivity index (χ4n) is 3.27. The summed E-state index contributed by atoms with van der Waals surface area (Å²) >= 11 is 6.08. The number of methoxy groups -OCH3 is 1. The predicted molar refractivity (Wildman–Crippen MR) is 111 cm³/mol. The lowest BCUT2D eigenvalue weighted by molar-refractivity contribution is -0.134. The van der Waals surface area contributed by atoms with Crippen molar-refractivity contribution in [1.29, 1.82) is 0 Å². The Bertz CT molecular complexity index is 675. The van der Waals surface area contributed by atoms with E-state index in [4.69, 9.17) is 16.3 Å². The number of hydrogen-bond acceptors (Lipinski definition) is 5. The maximum atomic E-state index is 12.6. The van der Waals surface area contributed by atoms with Crippen LogP contribution in [0.5, 0.6) is 5.75 Å². The van der Waals surface area contributed by atoms with Crippen molar-refractivity contribution in [3.8, 4) is 5.75 Å². The first-order chi connectivity index (χ1) is 13.3. The normalized spacial score (nSPS) is 15.2. The van der Waals surface area contributed by atoms with Crippen molar-refractivity contribution in [2.75, 3.05) is 53.4 Å². The summed E-state index contributed by atoms with van der Waals surface area (Å²) in [6.07, 6.45) is 0. The maximum Gasteiger partial charge on any atom is 0.236 e. The number of halogens is 1. The molecule has 8 heteroatoms. The van der Waals surface area contributed by atoms with Gasteiger partial charge in [0, 0.05) is 49.4 Å². The van der Waals surface area contributed by atoms with Crippen LogP contribution < -0.4 is 10.1 Å². The van der Waals surface area contributed by atoms with Crippen LogP contribution in [0, 0.1) is 0 Å². The van der Waals surface area contributed by atoms with Gasteiger partial charge in [-0.3, -0.25) is 19.4 Å². The van der Waals surface area contributed by atoms with Crippen LogP contribution >= 0.6 is 11.6 Å².